The molecule has 116 valence electrons. The number of piperidine rings is 1. The maximum absolute atomic E-state index is 5.99. The van der Waals surface area contributed by atoms with Gasteiger partial charge in [0.25, 0.3) is 0 Å². The van der Waals surface area contributed by atoms with Crippen LogP contribution in [0.2, 0.25) is 0 Å². The third-order valence-electron chi connectivity index (χ3n) is 4.72. The lowest BCUT2D eigenvalue weighted by Gasteiger charge is -2.47. The topological polar surface area (TPSA) is 24.5 Å². The Morgan fingerprint density at radius 3 is 2.60 bits per heavy atom. The van der Waals surface area contributed by atoms with Gasteiger partial charge in [0.05, 0.1) is 12.6 Å². The Kier molecular flexibility index (Phi) is 5.91. The maximum atomic E-state index is 5.99. The second-order valence-corrected chi connectivity index (χ2v) is 6.69. The standard InChI is InChI=1S/C17H32N2O/c1-4-11-18-16(15-10-6-9-14-20-15)17(2,3)19-12-7-5-8-13-19/h10,16,18H,4-9,11-14H2,1-3H3. The predicted molar refractivity (Wildman–Crippen MR) is 84.9 cm³/mol. The van der Waals surface area contributed by atoms with E-state index in [4.69, 9.17) is 4.74 Å². The van der Waals surface area contributed by atoms with E-state index in [1.165, 1.54) is 44.5 Å². The van der Waals surface area contributed by atoms with Crippen LogP contribution in [-0.4, -0.2) is 42.7 Å². The molecule has 3 nitrogen and oxygen atoms in total. The minimum absolute atomic E-state index is 0.124. The van der Waals surface area contributed by atoms with E-state index in [9.17, 15) is 0 Å². The molecule has 0 bridgehead atoms. The van der Waals surface area contributed by atoms with Crippen LogP contribution < -0.4 is 5.32 Å². The van der Waals surface area contributed by atoms with Gasteiger partial charge in [0, 0.05) is 5.54 Å². The summed E-state index contributed by atoms with van der Waals surface area (Å²) >= 11 is 0. The van der Waals surface area contributed by atoms with Crippen molar-refractivity contribution in [2.45, 2.75) is 70.9 Å². The number of rotatable bonds is 6. The Hall–Kier alpha value is -0.540. The van der Waals surface area contributed by atoms with Crippen LogP contribution in [0.25, 0.3) is 0 Å². The number of nitrogens with zero attached hydrogens (tertiary/aromatic N) is 1. The Morgan fingerprint density at radius 1 is 1.25 bits per heavy atom. The van der Waals surface area contributed by atoms with Crippen LogP contribution in [0.5, 0.6) is 0 Å². The molecule has 2 rings (SSSR count). The van der Waals surface area contributed by atoms with Crippen molar-refractivity contribution in [1.29, 1.82) is 0 Å². The molecule has 0 spiro atoms. The molecule has 0 aliphatic carbocycles. The Labute approximate surface area is 124 Å². The van der Waals surface area contributed by atoms with Crippen LogP contribution in [-0.2, 0) is 4.74 Å². The van der Waals surface area contributed by atoms with E-state index in [1.807, 2.05) is 0 Å². The first-order valence-electron chi connectivity index (χ1n) is 8.47. The first-order chi connectivity index (χ1) is 9.66. The summed E-state index contributed by atoms with van der Waals surface area (Å²) in [5.74, 6) is 1.18. The maximum Gasteiger partial charge on any atom is 0.111 e. The monoisotopic (exact) mass is 280 g/mol. The van der Waals surface area contributed by atoms with Crippen LogP contribution in [0.3, 0.4) is 0 Å². The summed E-state index contributed by atoms with van der Waals surface area (Å²) in [6.45, 7) is 11.4. The highest BCUT2D eigenvalue weighted by Gasteiger charge is 2.38. The average molecular weight is 280 g/mol. The summed E-state index contributed by atoms with van der Waals surface area (Å²) in [5.41, 5.74) is 0.124. The van der Waals surface area contributed by atoms with Crippen molar-refractivity contribution in [3.8, 4) is 0 Å². The van der Waals surface area contributed by atoms with E-state index in [1.54, 1.807) is 0 Å². The highest BCUT2D eigenvalue weighted by Crippen LogP contribution is 2.29. The summed E-state index contributed by atoms with van der Waals surface area (Å²) < 4.78 is 5.99. The lowest BCUT2D eigenvalue weighted by atomic mass is 9.87. The second kappa shape index (κ2) is 7.46. The van der Waals surface area contributed by atoms with Gasteiger partial charge in [-0.1, -0.05) is 13.3 Å². The van der Waals surface area contributed by atoms with Gasteiger partial charge in [-0.25, -0.2) is 0 Å². The molecule has 20 heavy (non-hydrogen) atoms. The molecule has 2 aliphatic rings. The van der Waals surface area contributed by atoms with E-state index in [-0.39, 0.29) is 5.54 Å². The van der Waals surface area contributed by atoms with Crippen molar-refractivity contribution in [1.82, 2.24) is 10.2 Å². The molecule has 0 aromatic heterocycles. The van der Waals surface area contributed by atoms with Gasteiger partial charge in [0.1, 0.15) is 5.76 Å². The molecule has 1 N–H and O–H groups in total. The molecule has 0 aromatic rings. The van der Waals surface area contributed by atoms with Crippen molar-refractivity contribution in [2.24, 2.45) is 0 Å². The zero-order valence-electron chi connectivity index (χ0n) is 13.6. The van der Waals surface area contributed by atoms with Gasteiger partial charge < -0.3 is 10.1 Å². The van der Waals surface area contributed by atoms with Crippen LogP contribution in [0.4, 0.5) is 0 Å². The highest BCUT2D eigenvalue weighted by atomic mass is 16.5. The SMILES string of the molecule is CCCNC(C1=CCCCO1)C(C)(C)N1CCCCC1. The number of allylic oxidation sites excluding steroid dienone is 1. The van der Waals surface area contributed by atoms with E-state index in [2.05, 4.69) is 37.1 Å². The zero-order valence-corrected chi connectivity index (χ0v) is 13.6. The summed E-state index contributed by atoms with van der Waals surface area (Å²) in [6.07, 6.45) is 9.86. The third kappa shape index (κ3) is 3.76. The minimum Gasteiger partial charge on any atom is -0.497 e. The van der Waals surface area contributed by atoms with Crippen LogP contribution >= 0.6 is 0 Å². The van der Waals surface area contributed by atoms with Gasteiger partial charge in [-0.3, -0.25) is 4.90 Å². The fourth-order valence-corrected chi connectivity index (χ4v) is 3.42. The molecule has 1 saturated heterocycles. The van der Waals surface area contributed by atoms with E-state index in [0.29, 0.717) is 6.04 Å². The van der Waals surface area contributed by atoms with Gasteiger partial charge in [-0.05, 0) is 71.7 Å². The summed E-state index contributed by atoms with van der Waals surface area (Å²) in [6, 6.07) is 0.320. The van der Waals surface area contributed by atoms with Gasteiger partial charge >= 0.3 is 0 Å². The van der Waals surface area contributed by atoms with Gasteiger partial charge in [0.2, 0.25) is 0 Å². The molecule has 1 fully saturated rings. The van der Waals surface area contributed by atoms with Crippen molar-refractivity contribution in [2.75, 3.05) is 26.2 Å². The third-order valence-corrected chi connectivity index (χ3v) is 4.72. The number of likely N-dealkylation sites (tertiary alicyclic amines) is 1. The number of hydrogen-bond donors (Lipinski definition) is 1. The zero-order chi connectivity index (χ0) is 14.4. The molecule has 0 radical (unpaired) electrons. The smallest absolute Gasteiger partial charge is 0.111 e. The molecule has 0 amide bonds. The fraction of sp³-hybridized carbons (Fsp3) is 0.882. The van der Waals surface area contributed by atoms with Crippen LogP contribution in [0, 0.1) is 0 Å². The number of ether oxygens (including phenoxy) is 1. The molecule has 2 heterocycles. The Bertz CT molecular complexity index is 319. The van der Waals surface area contributed by atoms with Crippen molar-refractivity contribution >= 4 is 0 Å². The molecule has 1 unspecified atom stereocenters. The molecule has 0 aromatic carbocycles. The van der Waals surface area contributed by atoms with Crippen molar-refractivity contribution < 1.29 is 4.74 Å². The summed E-state index contributed by atoms with van der Waals surface area (Å²) in [4.78, 5) is 2.66. The first-order valence-corrected chi connectivity index (χ1v) is 8.47. The van der Waals surface area contributed by atoms with Gasteiger partial charge in [-0.2, -0.15) is 0 Å². The molecular weight excluding hydrogens is 248 g/mol. The first kappa shape index (κ1) is 15.8. The van der Waals surface area contributed by atoms with Crippen LogP contribution in [0.15, 0.2) is 11.8 Å². The van der Waals surface area contributed by atoms with Gasteiger partial charge in [-0.15, -0.1) is 0 Å². The van der Waals surface area contributed by atoms with Crippen LogP contribution in [0.1, 0.15) is 59.3 Å². The number of hydrogen-bond acceptors (Lipinski definition) is 3. The molecule has 0 saturated carbocycles. The largest absolute Gasteiger partial charge is 0.497 e. The van der Waals surface area contributed by atoms with E-state index < -0.39 is 0 Å². The lowest BCUT2D eigenvalue weighted by Crippen LogP contribution is -2.60. The number of nitrogens with one attached hydrogen (secondary N) is 1. The molecule has 3 heteroatoms. The van der Waals surface area contributed by atoms with E-state index in [0.717, 1.165) is 26.0 Å². The quantitative estimate of drug-likeness (QED) is 0.808. The molecule has 1 atom stereocenters. The highest BCUT2D eigenvalue weighted by molar-refractivity contribution is 5.14. The van der Waals surface area contributed by atoms with E-state index >= 15 is 0 Å². The van der Waals surface area contributed by atoms with Crippen molar-refractivity contribution in [3.05, 3.63) is 11.8 Å². The molecular formula is C17H32N2O. The van der Waals surface area contributed by atoms with Gasteiger partial charge in [0.15, 0.2) is 0 Å². The Morgan fingerprint density at radius 2 is 2.00 bits per heavy atom. The average Bonchev–Trinajstić information content (AvgIpc) is 2.49. The predicted octanol–water partition coefficient (Wildman–Crippen LogP) is 3.31. The lowest BCUT2D eigenvalue weighted by molar-refractivity contribution is 0.0439. The summed E-state index contributed by atoms with van der Waals surface area (Å²) in [7, 11) is 0. The minimum atomic E-state index is 0.124. The van der Waals surface area contributed by atoms with Crippen molar-refractivity contribution in [3.63, 3.8) is 0 Å². The summed E-state index contributed by atoms with van der Waals surface area (Å²) in [5, 5.41) is 3.74. The second-order valence-electron chi connectivity index (χ2n) is 6.69. The fourth-order valence-electron chi connectivity index (χ4n) is 3.42. The Balaban J connectivity index is 2.12. The molecule has 2 aliphatic heterocycles. The normalized spacial score (nSPS) is 23.1.